The van der Waals surface area contributed by atoms with E-state index in [1.54, 1.807) is 16.8 Å². The van der Waals surface area contributed by atoms with Crippen LogP contribution in [0.2, 0.25) is 0 Å². The van der Waals surface area contributed by atoms with E-state index in [4.69, 9.17) is 14.2 Å². The minimum absolute atomic E-state index is 0.251. The number of aromatic nitrogens is 2. The zero-order chi connectivity index (χ0) is 20.8. The Kier molecular flexibility index (Phi) is 6.13. The number of ether oxygens (including phenoxy) is 3. The van der Waals surface area contributed by atoms with E-state index in [0.29, 0.717) is 17.3 Å². The molecule has 0 bridgehead atoms. The molecule has 8 nitrogen and oxygen atoms in total. The first kappa shape index (κ1) is 19.9. The third-order valence-corrected chi connectivity index (χ3v) is 4.05. The number of hydrogen-bond acceptors (Lipinski definition) is 6. The van der Waals surface area contributed by atoms with Gasteiger partial charge in [0.05, 0.1) is 31.2 Å². The van der Waals surface area contributed by atoms with Crippen LogP contribution in [-0.2, 0) is 9.53 Å². The summed E-state index contributed by atoms with van der Waals surface area (Å²) in [5, 5.41) is 7.10. The maximum atomic E-state index is 12.3. The lowest BCUT2D eigenvalue weighted by molar-refractivity contribution is -0.119. The molecule has 1 N–H and O–H groups in total. The van der Waals surface area contributed by atoms with Crippen LogP contribution in [0, 0.1) is 6.92 Å². The number of carbonyl (C=O) groups excluding carboxylic acids is 2. The third kappa shape index (κ3) is 4.73. The largest absolute Gasteiger partial charge is 0.493 e. The molecule has 2 aromatic carbocycles. The van der Waals surface area contributed by atoms with Gasteiger partial charge in [-0.3, -0.25) is 4.79 Å². The number of carbonyl (C=O) groups is 2. The molecule has 29 heavy (non-hydrogen) atoms. The molecule has 150 valence electrons. The fourth-order valence-electron chi connectivity index (χ4n) is 2.71. The number of nitrogens with zero attached hydrogens (tertiary/aromatic N) is 2. The standard InChI is InChI=1S/C21H21N3O5/c1-14-11-19(24(23-14)16-7-5-4-6-8-16)22-20(25)13-29-21(26)15-9-10-17(27-2)18(12-15)28-3/h4-12H,13H2,1-3H3,(H,22,25). The molecule has 1 amide bonds. The first-order valence-electron chi connectivity index (χ1n) is 8.83. The van der Waals surface area contributed by atoms with Crippen molar-refractivity contribution < 1.29 is 23.8 Å². The SMILES string of the molecule is COc1ccc(C(=O)OCC(=O)Nc2cc(C)nn2-c2ccccc2)cc1OC. The molecule has 8 heteroatoms. The number of methoxy groups -OCH3 is 2. The molecule has 0 spiro atoms. The monoisotopic (exact) mass is 395 g/mol. The molecule has 0 saturated carbocycles. The molecule has 0 atom stereocenters. The van der Waals surface area contributed by atoms with Crippen molar-refractivity contribution in [1.29, 1.82) is 0 Å². The van der Waals surface area contributed by atoms with Crippen LogP contribution < -0.4 is 14.8 Å². The molecule has 3 aromatic rings. The highest BCUT2D eigenvalue weighted by Crippen LogP contribution is 2.27. The lowest BCUT2D eigenvalue weighted by Gasteiger charge is -2.10. The fraction of sp³-hybridized carbons (Fsp3) is 0.190. The Morgan fingerprint density at radius 2 is 1.72 bits per heavy atom. The maximum Gasteiger partial charge on any atom is 0.338 e. The van der Waals surface area contributed by atoms with Crippen LogP contribution in [0.3, 0.4) is 0 Å². The summed E-state index contributed by atoms with van der Waals surface area (Å²) in [6.45, 7) is 1.39. The van der Waals surface area contributed by atoms with E-state index >= 15 is 0 Å². The number of benzene rings is 2. The Bertz CT molecular complexity index is 1010. The van der Waals surface area contributed by atoms with Crippen molar-refractivity contribution in [2.24, 2.45) is 0 Å². The van der Waals surface area contributed by atoms with E-state index in [0.717, 1.165) is 11.4 Å². The Morgan fingerprint density at radius 1 is 1.00 bits per heavy atom. The highest BCUT2D eigenvalue weighted by Gasteiger charge is 2.15. The first-order chi connectivity index (χ1) is 14.0. The van der Waals surface area contributed by atoms with E-state index in [9.17, 15) is 9.59 Å². The second-order valence-electron chi connectivity index (χ2n) is 6.11. The van der Waals surface area contributed by atoms with E-state index in [1.807, 2.05) is 37.3 Å². The van der Waals surface area contributed by atoms with Crippen LogP contribution in [0.4, 0.5) is 5.82 Å². The second-order valence-corrected chi connectivity index (χ2v) is 6.11. The third-order valence-electron chi connectivity index (χ3n) is 4.05. The van der Waals surface area contributed by atoms with E-state index in [1.165, 1.54) is 26.4 Å². The Hall–Kier alpha value is -3.81. The fourth-order valence-corrected chi connectivity index (χ4v) is 2.71. The Morgan fingerprint density at radius 3 is 2.41 bits per heavy atom. The molecule has 0 radical (unpaired) electrons. The van der Waals surface area contributed by atoms with Crippen molar-refractivity contribution in [1.82, 2.24) is 9.78 Å². The summed E-state index contributed by atoms with van der Waals surface area (Å²) in [5.74, 6) is 0.255. The topological polar surface area (TPSA) is 91.7 Å². The summed E-state index contributed by atoms with van der Waals surface area (Å²) >= 11 is 0. The number of rotatable bonds is 7. The van der Waals surface area contributed by atoms with Crippen molar-refractivity contribution in [2.45, 2.75) is 6.92 Å². The van der Waals surface area contributed by atoms with Gasteiger partial charge in [0.1, 0.15) is 5.82 Å². The van der Waals surface area contributed by atoms with Crippen LogP contribution in [-0.4, -0.2) is 42.5 Å². The van der Waals surface area contributed by atoms with Gasteiger partial charge in [0.25, 0.3) is 5.91 Å². The quantitative estimate of drug-likeness (QED) is 0.619. The lowest BCUT2D eigenvalue weighted by atomic mass is 10.2. The number of aryl methyl sites for hydroxylation is 1. The molecular formula is C21H21N3O5. The molecule has 0 saturated heterocycles. The summed E-state index contributed by atoms with van der Waals surface area (Å²) in [6.07, 6.45) is 0. The molecular weight excluding hydrogens is 374 g/mol. The summed E-state index contributed by atoms with van der Waals surface area (Å²) in [7, 11) is 2.97. The van der Waals surface area contributed by atoms with Gasteiger partial charge in [-0.05, 0) is 37.3 Å². The van der Waals surface area contributed by atoms with Crippen molar-refractivity contribution in [2.75, 3.05) is 26.1 Å². The van der Waals surface area contributed by atoms with Crippen LogP contribution in [0.5, 0.6) is 11.5 Å². The van der Waals surface area contributed by atoms with Gasteiger partial charge in [-0.2, -0.15) is 5.10 Å². The smallest absolute Gasteiger partial charge is 0.338 e. The molecule has 0 aliphatic heterocycles. The minimum atomic E-state index is -0.645. The van der Waals surface area contributed by atoms with Crippen molar-refractivity contribution in [3.05, 3.63) is 65.9 Å². The zero-order valence-corrected chi connectivity index (χ0v) is 16.3. The van der Waals surface area contributed by atoms with Gasteiger partial charge in [0.2, 0.25) is 0 Å². The van der Waals surface area contributed by atoms with Gasteiger partial charge < -0.3 is 19.5 Å². The maximum absolute atomic E-state index is 12.3. The van der Waals surface area contributed by atoms with Crippen LogP contribution in [0.15, 0.2) is 54.6 Å². The summed E-state index contributed by atoms with van der Waals surface area (Å²) in [6, 6.07) is 15.8. The van der Waals surface area contributed by atoms with Crippen molar-refractivity contribution in [3.63, 3.8) is 0 Å². The first-order valence-corrected chi connectivity index (χ1v) is 8.83. The van der Waals surface area contributed by atoms with E-state index in [-0.39, 0.29) is 5.56 Å². The second kappa shape index (κ2) is 8.92. The predicted octanol–water partition coefficient (Wildman–Crippen LogP) is 2.99. The number of esters is 1. The molecule has 0 aliphatic carbocycles. The lowest BCUT2D eigenvalue weighted by Crippen LogP contribution is -2.22. The average Bonchev–Trinajstić information content (AvgIpc) is 3.11. The van der Waals surface area contributed by atoms with Crippen molar-refractivity contribution in [3.8, 4) is 17.2 Å². The zero-order valence-electron chi connectivity index (χ0n) is 16.3. The number of para-hydroxylation sites is 1. The Balaban J connectivity index is 1.64. The van der Waals surface area contributed by atoms with Gasteiger partial charge in [0.15, 0.2) is 18.1 Å². The van der Waals surface area contributed by atoms with E-state index < -0.39 is 18.5 Å². The van der Waals surface area contributed by atoms with Crippen LogP contribution >= 0.6 is 0 Å². The van der Waals surface area contributed by atoms with E-state index in [2.05, 4.69) is 10.4 Å². The molecule has 0 fully saturated rings. The van der Waals surface area contributed by atoms with Gasteiger partial charge >= 0.3 is 5.97 Å². The molecule has 1 heterocycles. The minimum Gasteiger partial charge on any atom is -0.493 e. The van der Waals surface area contributed by atoms with Crippen LogP contribution in [0.25, 0.3) is 5.69 Å². The summed E-state index contributed by atoms with van der Waals surface area (Å²) < 4.78 is 17.0. The number of amides is 1. The van der Waals surface area contributed by atoms with Gasteiger partial charge in [-0.15, -0.1) is 0 Å². The van der Waals surface area contributed by atoms with Crippen molar-refractivity contribution >= 4 is 17.7 Å². The van der Waals surface area contributed by atoms with Gasteiger partial charge in [0, 0.05) is 6.07 Å². The number of nitrogens with one attached hydrogen (secondary N) is 1. The molecule has 3 rings (SSSR count). The highest BCUT2D eigenvalue weighted by atomic mass is 16.5. The highest BCUT2D eigenvalue weighted by molar-refractivity contribution is 5.95. The number of anilines is 1. The van der Waals surface area contributed by atoms with Crippen LogP contribution in [0.1, 0.15) is 16.1 Å². The van der Waals surface area contributed by atoms with Gasteiger partial charge in [-0.25, -0.2) is 9.48 Å². The predicted molar refractivity (Wildman–Crippen MR) is 107 cm³/mol. The normalized spacial score (nSPS) is 10.3. The Labute approximate surface area is 168 Å². The molecule has 0 aliphatic rings. The van der Waals surface area contributed by atoms with Gasteiger partial charge in [-0.1, -0.05) is 18.2 Å². The average molecular weight is 395 g/mol. The molecule has 0 unspecified atom stereocenters. The molecule has 1 aromatic heterocycles. The summed E-state index contributed by atoms with van der Waals surface area (Å²) in [5.41, 5.74) is 1.80. The summed E-state index contributed by atoms with van der Waals surface area (Å²) in [4.78, 5) is 24.5. The number of hydrogen-bond donors (Lipinski definition) is 1.